The molecule has 0 aliphatic rings. The molecular formula is C20H27NO. The quantitative estimate of drug-likeness (QED) is 0.669. The van der Waals surface area contributed by atoms with Gasteiger partial charge in [-0.25, -0.2) is 0 Å². The predicted molar refractivity (Wildman–Crippen MR) is 94.6 cm³/mol. The van der Waals surface area contributed by atoms with Crippen LogP contribution in [0.15, 0.2) is 54.6 Å². The van der Waals surface area contributed by atoms with Gasteiger partial charge in [0, 0.05) is 18.8 Å². The lowest BCUT2D eigenvalue weighted by molar-refractivity contribution is 0.414. The van der Waals surface area contributed by atoms with Crippen LogP contribution in [0.5, 0.6) is 5.75 Å². The number of methoxy groups -OCH3 is 1. The Kier molecular flexibility index (Phi) is 6.32. The third kappa shape index (κ3) is 4.52. The van der Waals surface area contributed by atoms with Gasteiger partial charge in [-0.2, -0.15) is 0 Å². The fourth-order valence-corrected chi connectivity index (χ4v) is 2.72. The Balaban J connectivity index is 2.19. The number of rotatable bonds is 8. The maximum absolute atomic E-state index is 5.27. The van der Waals surface area contributed by atoms with E-state index in [-0.39, 0.29) is 0 Å². The average molecular weight is 297 g/mol. The molecule has 2 aromatic carbocycles. The van der Waals surface area contributed by atoms with Gasteiger partial charge in [0.2, 0.25) is 0 Å². The van der Waals surface area contributed by atoms with E-state index in [2.05, 4.69) is 61.2 Å². The van der Waals surface area contributed by atoms with Gasteiger partial charge in [-0.05, 0) is 35.7 Å². The zero-order valence-electron chi connectivity index (χ0n) is 14.0. The Labute approximate surface area is 134 Å². The molecular weight excluding hydrogens is 270 g/mol. The maximum atomic E-state index is 5.27. The predicted octanol–water partition coefficient (Wildman–Crippen LogP) is 5.14. The molecule has 0 saturated carbocycles. The molecule has 0 bridgehead atoms. The van der Waals surface area contributed by atoms with E-state index >= 15 is 0 Å². The first-order chi connectivity index (χ1) is 10.8. The van der Waals surface area contributed by atoms with Crippen molar-refractivity contribution in [2.45, 2.75) is 33.2 Å². The molecule has 2 aromatic rings. The van der Waals surface area contributed by atoms with Crippen molar-refractivity contribution in [2.24, 2.45) is 5.92 Å². The van der Waals surface area contributed by atoms with Gasteiger partial charge in [-0.1, -0.05) is 57.0 Å². The Morgan fingerprint density at radius 2 is 1.55 bits per heavy atom. The lowest BCUT2D eigenvalue weighted by Gasteiger charge is -2.29. The first-order valence-corrected chi connectivity index (χ1v) is 8.19. The molecule has 0 N–H and O–H groups in total. The molecule has 0 amide bonds. The van der Waals surface area contributed by atoms with Gasteiger partial charge in [-0.3, -0.25) is 0 Å². The monoisotopic (exact) mass is 297 g/mol. The van der Waals surface area contributed by atoms with E-state index in [4.69, 9.17) is 4.74 Å². The van der Waals surface area contributed by atoms with Crippen molar-refractivity contribution >= 4 is 5.69 Å². The summed E-state index contributed by atoms with van der Waals surface area (Å²) in [5.74, 6) is 1.64. The molecule has 0 aromatic heterocycles. The Bertz CT molecular complexity index is 531. The highest BCUT2D eigenvalue weighted by molar-refractivity contribution is 5.49. The van der Waals surface area contributed by atoms with Crippen molar-refractivity contribution in [2.75, 3.05) is 18.6 Å². The van der Waals surface area contributed by atoms with E-state index in [9.17, 15) is 0 Å². The summed E-state index contributed by atoms with van der Waals surface area (Å²) < 4.78 is 5.27. The van der Waals surface area contributed by atoms with Crippen LogP contribution in [0, 0.1) is 5.92 Å². The topological polar surface area (TPSA) is 12.5 Å². The number of anilines is 1. The van der Waals surface area contributed by atoms with Crippen molar-refractivity contribution in [3.05, 3.63) is 60.2 Å². The second-order valence-electron chi connectivity index (χ2n) is 5.75. The average Bonchev–Trinajstić information content (AvgIpc) is 2.59. The summed E-state index contributed by atoms with van der Waals surface area (Å²) in [6, 6.07) is 19.1. The van der Waals surface area contributed by atoms with E-state index < -0.39 is 0 Å². The molecule has 0 fully saturated rings. The zero-order valence-corrected chi connectivity index (χ0v) is 14.0. The van der Waals surface area contributed by atoms with Gasteiger partial charge >= 0.3 is 0 Å². The first kappa shape index (κ1) is 16.4. The highest BCUT2D eigenvalue weighted by Gasteiger charge is 2.13. The smallest absolute Gasteiger partial charge is 0.119 e. The molecule has 2 nitrogen and oxygen atoms in total. The summed E-state index contributed by atoms with van der Waals surface area (Å²) in [5, 5.41) is 0. The Morgan fingerprint density at radius 1 is 0.909 bits per heavy atom. The van der Waals surface area contributed by atoms with Crippen LogP contribution in [-0.2, 0) is 6.54 Å². The SMILES string of the molecule is CCC(CC)CN(Cc1ccccc1)c1ccc(OC)cc1. The number of benzene rings is 2. The van der Waals surface area contributed by atoms with Crippen LogP contribution in [-0.4, -0.2) is 13.7 Å². The van der Waals surface area contributed by atoms with Gasteiger partial charge < -0.3 is 9.64 Å². The minimum Gasteiger partial charge on any atom is -0.497 e. The Morgan fingerprint density at radius 3 is 2.09 bits per heavy atom. The molecule has 2 rings (SSSR count). The Hall–Kier alpha value is -1.96. The fraction of sp³-hybridized carbons (Fsp3) is 0.400. The van der Waals surface area contributed by atoms with E-state index in [0.717, 1.165) is 24.8 Å². The molecule has 0 heterocycles. The molecule has 0 unspecified atom stereocenters. The molecule has 0 spiro atoms. The molecule has 0 atom stereocenters. The van der Waals surface area contributed by atoms with Crippen LogP contribution in [0.1, 0.15) is 32.3 Å². The summed E-state index contributed by atoms with van der Waals surface area (Å²) in [6.07, 6.45) is 2.44. The van der Waals surface area contributed by atoms with Crippen molar-refractivity contribution in [3.8, 4) is 5.75 Å². The van der Waals surface area contributed by atoms with Crippen molar-refractivity contribution in [3.63, 3.8) is 0 Å². The summed E-state index contributed by atoms with van der Waals surface area (Å²) in [7, 11) is 1.71. The standard InChI is InChI=1S/C20H27NO/c1-4-17(5-2)15-21(16-18-9-7-6-8-10-18)19-11-13-20(22-3)14-12-19/h6-14,17H,4-5,15-16H2,1-3H3. The van der Waals surface area contributed by atoms with Gasteiger partial charge in [0.25, 0.3) is 0 Å². The van der Waals surface area contributed by atoms with Crippen LogP contribution in [0.4, 0.5) is 5.69 Å². The van der Waals surface area contributed by atoms with Crippen molar-refractivity contribution < 1.29 is 4.74 Å². The minimum absolute atomic E-state index is 0.728. The zero-order chi connectivity index (χ0) is 15.8. The van der Waals surface area contributed by atoms with Gasteiger partial charge in [0.1, 0.15) is 5.75 Å². The van der Waals surface area contributed by atoms with Crippen LogP contribution in [0.2, 0.25) is 0 Å². The van der Waals surface area contributed by atoms with E-state index in [1.54, 1.807) is 7.11 Å². The molecule has 0 saturated heterocycles. The molecule has 2 heteroatoms. The normalized spacial score (nSPS) is 10.7. The molecule has 0 radical (unpaired) electrons. The van der Waals surface area contributed by atoms with Crippen molar-refractivity contribution in [1.29, 1.82) is 0 Å². The molecule has 118 valence electrons. The molecule has 0 aliphatic carbocycles. The number of hydrogen-bond donors (Lipinski definition) is 0. The largest absolute Gasteiger partial charge is 0.497 e. The highest BCUT2D eigenvalue weighted by atomic mass is 16.5. The molecule has 0 aliphatic heterocycles. The number of ether oxygens (including phenoxy) is 1. The second kappa shape index (κ2) is 8.47. The summed E-state index contributed by atoms with van der Waals surface area (Å²) in [6.45, 7) is 6.60. The van der Waals surface area contributed by atoms with E-state index in [1.807, 2.05) is 12.1 Å². The summed E-state index contributed by atoms with van der Waals surface area (Å²) in [4.78, 5) is 2.48. The fourth-order valence-electron chi connectivity index (χ4n) is 2.72. The third-order valence-corrected chi connectivity index (χ3v) is 4.29. The van der Waals surface area contributed by atoms with E-state index in [0.29, 0.717) is 0 Å². The second-order valence-corrected chi connectivity index (χ2v) is 5.75. The first-order valence-electron chi connectivity index (χ1n) is 8.19. The third-order valence-electron chi connectivity index (χ3n) is 4.29. The number of hydrogen-bond acceptors (Lipinski definition) is 2. The lowest BCUT2D eigenvalue weighted by Crippen LogP contribution is -2.28. The minimum atomic E-state index is 0.728. The van der Waals surface area contributed by atoms with E-state index in [1.165, 1.54) is 24.1 Å². The summed E-state index contributed by atoms with van der Waals surface area (Å²) >= 11 is 0. The van der Waals surface area contributed by atoms with Gasteiger partial charge in [0.15, 0.2) is 0 Å². The highest BCUT2D eigenvalue weighted by Crippen LogP contribution is 2.23. The lowest BCUT2D eigenvalue weighted by atomic mass is 10.0. The van der Waals surface area contributed by atoms with Gasteiger partial charge in [-0.15, -0.1) is 0 Å². The van der Waals surface area contributed by atoms with Gasteiger partial charge in [0.05, 0.1) is 7.11 Å². The van der Waals surface area contributed by atoms with Crippen molar-refractivity contribution in [1.82, 2.24) is 0 Å². The van der Waals surface area contributed by atoms with Crippen LogP contribution in [0.3, 0.4) is 0 Å². The summed E-state index contributed by atoms with van der Waals surface area (Å²) in [5.41, 5.74) is 2.61. The van der Waals surface area contributed by atoms with Crippen LogP contribution in [0.25, 0.3) is 0 Å². The number of nitrogens with zero attached hydrogens (tertiary/aromatic N) is 1. The molecule has 22 heavy (non-hydrogen) atoms. The maximum Gasteiger partial charge on any atom is 0.119 e. The van der Waals surface area contributed by atoms with Crippen LogP contribution < -0.4 is 9.64 Å². The van der Waals surface area contributed by atoms with Crippen LogP contribution >= 0.6 is 0 Å².